The van der Waals surface area contributed by atoms with E-state index in [1.54, 1.807) is 11.0 Å². The second kappa shape index (κ2) is 8.73. The van der Waals surface area contributed by atoms with E-state index >= 15 is 0 Å². The number of benzene rings is 3. The Morgan fingerprint density at radius 3 is 2.53 bits per heavy atom. The number of carbonyl (C=O) groups excluding carboxylic acids is 1. The minimum absolute atomic E-state index is 0.111. The normalized spacial score (nSPS) is 14.0. The topological polar surface area (TPSA) is 56.7 Å². The Morgan fingerprint density at radius 1 is 1.07 bits per heavy atom. The lowest BCUT2D eigenvalue weighted by atomic mass is 10.1. The zero-order valence-electron chi connectivity index (χ0n) is 15.6. The molecular weight excluding hydrogens is 467 g/mol. The van der Waals surface area contributed by atoms with Crippen LogP contribution in [0.2, 0.25) is 0 Å². The van der Waals surface area contributed by atoms with Gasteiger partial charge in [-0.15, -0.1) is 0 Å². The van der Waals surface area contributed by atoms with E-state index < -0.39 is 5.82 Å². The van der Waals surface area contributed by atoms with Gasteiger partial charge < -0.3 is 10.2 Å². The molecule has 0 bridgehead atoms. The zero-order chi connectivity index (χ0) is 21.1. The molecule has 0 unspecified atom stereocenters. The molecule has 30 heavy (non-hydrogen) atoms. The standard InChI is InChI=1S/C22H16BrFN4OS/c23-15-6-9-17(10-7-15)25-22(30)27-26-20-18-12-16(24)8-11-19(18)28(21(20)29)13-14-4-2-1-3-5-14/h1-12H,13H2,(H2,25,27,30)/b26-20-. The van der Waals surface area contributed by atoms with Crippen LogP contribution in [0.25, 0.3) is 0 Å². The van der Waals surface area contributed by atoms with Crippen molar-refractivity contribution in [2.75, 3.05) is 10.2 Å². The molecule has 0 aliphatic carbocycles. The van der Waals surface area contributed by atoms with Crippen LogP contribution in [0.1, 0.15) is 11.1 Å². The van der Waals surface area contributed by atoms with Crippen molar-refractivity contribution in [3.63, 3.8) is 0 Å². The minimum Gasteiger partial charge on any atom is -0.331 e. The first-order chi connectivity index (χ1) is 14.5. The summed E-state index contributed by atoms with van der Waals surface area (Å²) in [5, 5.41) is 7.40. The first-order valence-corrected chi connectivity index (χ1v) is 10.3. The van der Waals surface area contributed by atoms with Crippen LogP contribution in [0.15, 0.2) is 82.4 Å². The Morgan fingerprint density at radius 2 is 1.80 bits per heavy atom. The molecule has 0 saturated carbocycles. The highest BCUT2D eigenvalue weighted by atomic mass is 79.9. The van der Waals surface area contributed by atoms with Gasteiger partial charge in [0.05, 0.1) is 12.2 Å². The Hall–Kier alpha value is -3.10. The summed E-state index contributed by atoms with van der Waals surface area (Å²) in [6.45, 7) is 0.360. The number of hydrazone groups is 1. The highest BCUT2D eigenvalue weighted by Gasteiger charge is 2.34. The Labute approximate surface area is 186 Å². The van der Waals surface area contributed by atoms with Gasteiger partial charge in [-0.2, -0.15) is 5.10 Å². The average molecular weight is 483 g/mol. The van der Waals surface area contributed by atoms with Crippen LogP contribution in [0.3, 0.4) is 0 Å². The summed E-state index contributed by atoms with van der Waals surface area (Å²) in [6.07, 6.45) is 0. The molecule has 0 atom stereocenters. The van der Waals surface area contributed by atoms with Crippen LogP contribution >= 0.6 is 28.1 Å². The van der Waals surface area contributed by atoms with E-state index in [0.29, 0.717) is 17.8 Å². The zero-order valence-corrected chi connectivity index (χ0v) is 18.0. The summed E-state index contributed by atoms with van der Waals surface area (Å²) in [5.74, 6) is -0.759. The van der Waals surface area contributed by atoms with E-state index in [2.05, 4.69) is 31.8 Å². The number of anilines is 2. The maximum absolute atomic E-state index is 13.9. The fourth-order valence-corrected chi connectivity index (χ4v) is 3.54. The summed E-state index contributed by atoms with van der Waals surface area (Å²) < 4.78 is 14.8. The first kappa shape index (κ1) is 20.2. The third-order valence-electron chi connectivity index (χ3n) is 4.51. The highest BCUT2D eigenvalue weighted by Crippen LogP contribution is 2.31. The number of nitrogens with one attached hydrogen (secondary N) is 2. The monoisotopic (exact) mass is 482 g/mol. The molecule has 2 N–H and O–H groups in total. The third kappa shape index (κ3) is 4.39. The second-order valence-electron chi connectivity index (χ2n) is 6.57. The summed E-state index contributed by atoms with van der Waals surface area (Å²) in [5.41, 5.74) is 5.57. The molecule has 4 rings (SSSR count). The fraction of sp³-hybridized carbons (Fsp3) is 0.0455. The van der Waals surface area contributed by atoms with Crippen LogP contribution in [-0.2, 0) is 11.3 Å². The number of nitrogens with zero attached hydrogens (tertiary/aromatic N) is 2. The van der Waals surface area contributed by atoms with Gasteiger partial charge in [-0.05, 0) is 60.2 Å². The SMILES string of the molecule is O=C1/C(=N\NC(=S)Nc2ccc(Br)cc2)c2cc(F)ccc2N1Cc1ccccc1. The van der Waals surface area contributed by atoms with Gasteiger partial charge in [-0.25, -0.2) is 4.39 Å². The lowest BCUT2D eigenvalue weighted by molar-refractivity contribution is -0.112. The van der Waals surface area contributed by atoms with Gasteiger partial charge >= 0.3 is 0 Å². The van der Waals surface area contributed by atoms with Crippen LogP contribution in [0, 0.1) is 5.82 Å². The van der Waals surface area contributed by atoms with E-state index in [0.717, 1.165) is 15.7 Å². The van der Waals surface area contributed by atoms with Crippen LogP contribution in [0.4, 0.5) is 15.8 Å². The minimum atomic E-state index is -0.439. The van der Waals surface area contributed by atoms with Crippen molar-refractivity contribution in [3.05, 3.63) is 94.2 Å². The summed E-state index contributed by atoms with van der Waals surface area (Å²) in [4.78, 5) is 14.6. The predicted molar refractivity (Wildman–Crippen MR) is 124 cm³/mol. The lowest BCUT2D eigenvalue weighted by Gasteiger charge is -2.16. The van der Waals surface area contributed by atoms with E-state index in [9.17, 15) is 9.18 Å². The maximum Gasteiger partial charge on any atom is 0.279 e. The number of hydrogen-bond acceptors (Lipinski definition) is 3. The van der Waals surface area contributed by atoms with Crippen LogP contribution in [0.5, 0.6) is 0 Å². The second-order valence-corrected chi connectivity index (χ2v) is 7.90. The van der Waals surface area contributed by atoms with Gasteiger partial charge in [-0.3, -0.25) is 10.2 Å². The van der Waals surface area contributed by atoms with Crippen molar-refractivity contribution >= 4 is 56.3 Å². The number of carbonyl (C=O) groups is 1. The largest absolute Gasteiger partial charge is 0.331 e. The van der Waals surface area contributed by atoms with Crippen LogP contribution < -0.4 is 15.6 Å². The van der Waals surface area contributed by atoms with Crippen LogP contribution in [-0.4, -0.2) is 16.7 Å². The highest BCUT2D eigenvalue weighted by molar-refractivity contribution is 9.10. The molecule has 0 fully saturated rings. The lowest BCUT2D eigenvalue weighted by Crippen LogP contribution is -2.32. The van der Waals surface area contributed by atoms with Gasteiger partial charge in [0.15, 0.2) is 10.8 Å². The van der Waals surface area contributed by atoms with Gasteiger partial charge in [0.25, 0.3) is 5.91 Å². The number of rotatable bonds is 4. The number of fused-ring (bicyclic) bond motifs is 1. The molecule has 1 heterocycles. The Kier molecular flexibility index (Phi) is 5.87. The summed E-state index contributed by atoms with van der Waals surface area (Å²) in [6, 6.07) is 21.3. The van der Waals surface area contributed by atoms with E-state index in [1.807, 2.05) is 54.6 Å². The van der Waals surface area contributed by atoms with Crippen molar-refractivity contribution < 1.29 is 9.18 Å². The summed E-state index contributed by atoms with van der Waals surface area (Å²) >= 11 is 8.63. The van der Waals surface area contributed by atoms with Crippen molar-refractivity contribution in [3.8, 4) is 0 Å². The molecule has 0 aromatic heterocycles. The molecular formula is C22H16BrFN4OS. The molecule has 1 aliphatic heterocycles. The number of halogens is 2. The first-order valence-electron chi connectivity index (χ1n) is 9.07. The Bertz CT molecular complexity index is 1140. The molecule has 150 valence electrons. The van der Waals surface area contributed by atoms with Crippen molar-refractivity contribution in [2.24, 2.45) is 5.10 Å². The molecule has 3 aromatic rings. The molecule has 1 amide bonds. The van der Waals surface area contributed by atoms with Crippen molar-refractivity contribution in [1.82, 2.24) is 5.43 Å². The van der Waals surface area contributed by atoms with Crippen molar-refractivity contribution in [1.29, 1.82) is 0 Å². The maximum atomic E-state index is 13.9. The molecule has 5 nitrogen and oxygen atoms in total. The summed E-state index contributed by atoms with van der Waals surface area (Å²) in [7, 11) is 0. The van der Waals surface area contributed by atoms with E-state index in [4.69, 9.17) is 12.2 Å². The number of hydrogen-bond donors (Lipinski definition) is 2. The van der Waals surface area contributed by atoms with Gasteiger partial charge in [0.2, 0.25) is 0 Å². The molecule has 1 aliphatic rings. The quantitative estimate of drug-likeness (QED) is 0.413. The van der Waals surface area contributed by atoms with Gasteiger partial charge in [0.1, 0.15) is 5.82 Å². The van der Waals surface area contributed by atoms with Gasteiger partial charge in [0, 0.05) is 15.7 Å². The molecule has 3 aromatic carbocycles. The fourth-order valence-electron chi connectivity index (χ4n) is 3.12. The smallest absolute Gasteiger partial charge is 0.279 e. The number of thiocarbonyl (C=S) groups is 1. The molecule has 0 radical (unpaired) electrons. The third-order valence-corrected chi connectivity index (χ3v) is 5.23. The predicted octanol–water partition coefficient (Wildman–Crippen LogP) is 4.83. The Balaban J connectivity index is 1.56. The number of amides is 1. The van der Waals surface area contributed by atoms with E-state index in [-0.39, 0.29) is 16.7 Å². The van der Waals surface area contributed by atoms with Gasteiger partial charge in [-0.1, -0.05) is 46.3 Å². The molecule has 0 saturated heterocycles. The van der Waals surface area contributed by atoms with Crippen molar-refractivity contribution in [2.45, 2.75) is 6.54 Å². The molecule has 8 heteroatoms. The average Bonchev–Trinajstić information content (AvgIpc) is 2.99. The van der Waals surface area contributed by atoms with E-state index in [1.165, 1.54) is 12.1 Å². The molecule has 0 spiro atoms.